The van der Waals surface area contributed by atoms with Crippen LogP contribution in [0, 0.1) is 5.41 Å². The SMILES string of the molecule is COc1ccccc1C(=O)NCC(Br)CC(C)(C)C. The minimum absolute atomic E-state index is 0.101. The lowest BCUT2D eigenvalue weighted by molar-refractivity contribution is 0.0949. The molecule has 1 N–H and O–H groups in total. The number of para-hydroxylation sites is 1. The summed E-state index contributed by atoms with van der Waals surface area (Å²) >= 11 is 3.60. The van der Waals surface area contributed by atoms with Crippen molar-refractivity contribution in [3.8, 4) is 5.75 Å². The number of benzene rings is 1. The summed E-state index contributed by atoms with van der Waals surface area (Å²) in [6, 6.07) is 7.23. The van der Waals surface area contributed by atoms with Gasteiger partial charge in [-0.2, -0.15) is 0 Å². The highest BCUT2D eigenvalue weighted by molar-refractivity contribution is 9.09. The van der Waals surface area contributed by atoms with E-state index in [4.69, 9.17) is 4.74 Å². The Bertz CT molecular complexity index is 426. The Balaban J connectivity index is 2.56. The summed E-state index contributed by atoms with van der Waals surface area (Å²) in [4.78, 5) is 12.4. The summed E-state index contributed by atoms with van der Waals surface area (Å²) in [6.07, 6.45) is 0.999. The molecule has 0 aromatic heterocycles. The van der Waals surface area contributed by atoms with Crippen LogP contribution in [0.3, 0.4) is 0 Å². The normalized spacial score (nSPS) is 12.9. The van der Waals surface area contributed by atoms with Gasteiger partial charge in [0.05, 0.1) is 12.7 Å². The molecule has 0 radical (unpaired) electrons. The maximum Gasteiger partial charge on any atom is 0.255 e. The van der Waals surface area contributed by atoms with Gasteiger partial charge in [-0.1, -0.05) is 48.8 Å². The molecule has 1 rings (SSSR count). The van der Waals surface area contributed by atoms with E-state index in [-0.39, 0.29) is 16.1 Å². The van der Waals surface area contributed by atoms with Crippen molar-refractivity contribution in [2.24, 2.45) is 5.41 Å². The first-order valence-corrected chi connectivity index (χ1v) is 7.30. The van der Waals surface area contributed by atoms with E-state index in [0.29, 0.717) is 17.9 Å². The number of halogens is 1. The predicted octanol–water partition coefficient (Wildman–Crippen LogP) is 3.62. The van der Waals surface area contributed by atoms with Crippen LogP contribution in [0.4, 0.5) is 0 Å². The molecule has 1 amide bonds. The Morgan fingerprint density at radius 3 is 2.58 bits per heavy atom. The Hall–Kier alpha value is -1.03. The Morgan fingerprint density at radius 1 is 1.37 bits per heavy atom. The van der Waals surface area contributed by atoms with Gasteiger partial charge in [-0.3, -0.25) is 4.79 Å². The summed E-state index contributed by atoms with van der Waals surface area (Å²) < 4.78 is 5.18. The zero-order valence-corrected chi connectivity index (χ0v) is 13.6. The number of carbonyl (C=O) groups excluding carboxylic acids is 1. The third kappa shape index (κ3) is 5.64. The van der Waals surface area contributed by atoms with Gasteiger partial charge in [-0.25, -0.2) is 0 Å². The zero-order chi connectivity index (χ0) is 14.5. The second-order valence-corrected chi connectivity index (χ2v) is 7.07. The first-order chi connectivity index (χ1) is 8.83. The molecule has 0 aliphatic carbocycles. The van der Waals surface area contributed by atoms with E-state index in [1.54, 1.807) is 19.2 Å². The molecule has 4 heteroatoms. The number of alkyl halides is 1. The molecule has 0 saturated heterocycles. The Morgan fingerprint density at radius 2 is 2.00 bits per heavy atom. The molecule has 0 aliphatic heterocycles. The molecule has 0 heterocycles. The van der Waals surface area contributed by atoms with Crippen LogP contribution in [-0.4, -0.2) is 24.4 Å². The average Bonchev–Trinajstić information content (AvgIpc) is 2.33. The van der Waals surface area contributed by atoms with E-state index in [1.165, 1.54) is 0 Å². The third-order valence-corrected chi connectivity index (χ3v) is 3.32. The summed E-state index contributed by atoms with van der Waals surface area (Å²) in [5.41, 5.74) is 0.809. The van der Waals surface area contributed by atoms with Crippen molar-refractivity contribution >= 4 is 21.8 Å². The van der Waals surface area contributed by atoms with Crippen molar-refractivity contribution in [3.63, 3.8) is 0 Å². The fourth-order valence-corrected chi connectivity index (χ4v) is 3.00. The summed E-state index contributed by atoms with van der Waals surface area (Å²) in [7, 11) is 1.57. The van der Waals surface area contributed by atoms with Crippen molar-refractivity contribution in [1.82, 2.24) is 5.32 Å². The first-order valence-electron chi connectivity index (χ1n) is 6.39. The van der Waals surface area contributed by atoms with Crippen LogP contribution in [0.25, 0.3) is 0 Å². The maximum atomic E-state index is 12.1. The van der Waals surface area contributed by atoms with Gasteiger partial charge >= 0.3 is 0 Å². The van der Waals surface area contributed by atoms with E-state index in [9.17, 15) is 4.79 Å². The molecule has 1 unspecified atom stereocenters. The molecule has 1 atom stereocenters. The summed E-state index contributed by atoms with van der Waals surface area (Å²) in [6.45, 7) is 7.16. The van der Waals surface area contributed by atoms with E-state index < -0.39 is 0 Å². The summed E-state index contributed by atoms with van der Waals surface area (Å²) in [5.74, 6) is 0.498. The lowest BCUT2D eigenvalue weighted by Gasteiger charge is -2.22. The highest BCUT2D eigenvalue weighted by atomic mass is 79.9. The van der Waals surface area contributed by atoms with E-state index in [2.05, 4.69) is 42.0 Å². The molecule has 0 spiro atoms. The second-order valence-electron chi connectivity index (χ2n) is 5.77. The van der Waals surface area contributed by atoms with Crippen LogP contribution in [0.15, 0.2) is 24.3 Å². The quantitative estimate of drug-likeness (QED) is 0.839. The Kier molecular flexibility index (Phi) is 5.85. The van der Waals surface area contributed by atoms with Gasteiger partial charge in [-0.05, 0) is 24.0 Å². The smallest absolute Gasteiger partial charge is 0.255 e. The van der Waals surface area contributed by atoms with Crippen LogP contribution in [0.2, 0.25) is 0 Å². The molecule has 106 valence electrons. The number of hydrogen-bond acceptors (Lipinski definition) is 2. The molecule has 19 heavy (non-hydrogen) atoms. The van der Waals surface area contributed by atoms with Crippen molar-refractivity contribution in [2.75, 3.05) is 13.7 Å². The lowest BCUT2D eigenvalue weighted by atomic mass is 9.90. The fourth-order valence-electron chi connectivity index (χ4n) is 1.87. The number of hydrogen-bond donors (Lipinski definition) is 1. The number of nitrogens with one attached hydrogen (secondary N) is 1. The third-order valence-electron chi connectivity index (χ3n) is 2.67. The van der Waals surface area contributed by atoms with Crippen molar-refractivity contribution < 1.29 is 9.53 Å². The molecular formula is C15H22BrNO2. The number of amides is 1. The Labute approximate surface area is 123 Å². The molecule has 0 fully saturated rings. The van der Waals surface area contributed by atoms with Gasteiger partial charge in [-0.15, -0.1) is 0 Å². The van der Waals surface area contributed by atoms with Crippen molar-refractivity contribution in [1.29, 1.82) is 0 Å². The van der Waals surface area contributed by atoms with Crippen LogP contribution in [-0.2, 0) is 0 Å². The molecule has 3 nitrogen and oxygen atoms in total. The van der Waals surface area contributed by atoms with Crippen LogP contribution < -0.4 is 10.1 Å². The van der Waals surface area contributed by atoms with Gasteiger partial charge in [0.1, 0.15) is 5.75 Å². The van der Waals surface area contributed by atoms with Gasteiger partial charge in [0.15, 0.2) is 0 Å². The van der Waals surface area contributed by atoms with E-state index in [0.717, 1.165) is 6.42 Å². The predicted molar refractivity (Wildman–Crippen MR) is 82.1 cm³/mol. The highest BCUT2D eigenvalue weighted by Gasteiger charge is 2.18. The number of carbonyl (C=O) groups is 1. The molecular weight excluding hydrogens is 306 g/mol. The second kappa shape index (κ2) is 6.94. The van der Waals surface area contributed by atoms with Crippen LogP contribution in [0.5, 0.6) is 5.75 Å². The molecule has 1 aromatic carbocycles. The molecule has 1 aromatic rings. The first kappa shape index (κ1) is 16.0. The van der Waals surface area contributed by atoms with E-state index >= 15 is 0 Å². The van der Waals surface area contributed by atoms with Gasteiger partial charge in [0.25, 0.3) is 5.91 Å². The van der Waals surface area contributed by atoms with Crippen molar-refractivity contribution in [2.45, 2.75) is 32.0 Å². The molecule has 0 saturated carbocycles. The monoisotopic (exact) mass is 327 g/mol. The average molecular weight is 328 g/mol. The van der Waals surface area contributed by atoms with E-state index in [1.807, 2.05) is 12.1 Å². The van der Waals surface area contributed by atoms with Crippen LogP contribution in [0.1, 0.15) is 37.6 Å². The standard InChI is InChI=1S/C15H22BrNO2/c1-15(2,3)9-11(16)10-17-14(18)12-7-5-6-8-13(12)19-4/h5-8,11H,9-10H2,1-4H3,(H,17,18). The molecule has 0 bridgehead atoms. The fraction of sp³-hybridized carbons (Fsp3) is 0.533. The largest absolute Gasteiger partial charge is 0.496 e. The van der Waals surface area contributed by atoms with Gasteiger partial charge in [0.2, 0.25) is 0 Å². The molecule has 0 aliphatic rings. The topological polar surface area (TPSA) is 38.3 Å². The lowest BCUT2D eigenvalue weighted by Crippen LogP contribution is -2.31. The number of methoxy groups -OCH3 is 1. The van der Waals surface area contributed by atoms with Crippen LogP contribution >= 0.6 is 15.9 Å². The zero-order valence-electron chi connectivity index (χ0n) is 12.0. The van der Waals surface area contributed by atoms with Crippen molar-refractivity contribution in [3.05, 3.63) is 29.8 Å². The van der Waals surface area contributed by atoms with Gasteiger partial charge < -0.3 is 10.1 Å². The maximum absolute atomic E-state index is 12.1. The minimum Gasteiger partial charge on any atom is -0.496 e. The minimum atomic E-state index is -0.101. The summed E-state index contributed by atoms with van der Waals surface area (Å²) in [5, 5.41) is 2.93. The highest BCUT2D eigenvalue weighted by Crippen LogP contribution is 2.24. The number of rotatable bonds is 5. The number of ether oxygens (including phenoxy) is 1. The van der Waals surface area contributed by atoms with Gasteiger partial charge in [0, 0.05) is 11.4 Å².